The number of ether oxygens (including phenoxy) is 1. The minimum Gasteiger partial charge on any atom is -0.388 e. The molecule has 0 aromatic carbocycles. The van der Waals surface area contributed by atoms with E-state index in [4.69, 9.17) is 4.74 Å². The molecule has 19 heavy (non-hydrogen) atoms. The zero-order valence-corrected chi connectivity index (χ0v) is 11.5. The monoisotopic (exact) mass is 280 g/mol. The Balaban J connectivity index is 2.07. The van der Waals surface area contributed by atoms with Crippen molar-refractivity contribution in [3.63, 3.8) is 0 Å². The van der Waals surface area contributed by atoms with Gasteiger partial charge in [-0.05, 0) is 12.5 Å². The molecule has 5 nitrogen and oxygen atoms in total. The molecular formula is C13H16N2O3S. The molecule has 2 atom stereocenters. The summed E-state index contributed by atoms with van der Waals surface area (Å²) in [5, 5.41) is 10.5. The van der Waals surface area contributed by atoms with Crippen molar-refractivity contribution in [2.24, 2.45) is 0 Å². The van der Waals surface area contributed by atoms with Gasteiger partial charge < -0.3 is 9.84 Å². The summed E-state index contributed by atoms with van der Waals surface area (Å²) in [6, 6.07) is 1.61. The minimum atomic E-state index is -0.634. The van der Waals surface area contributed by atoms with Crippen LogP contribution in [-0.2, 0) is 11.2 Å². The molecule has 1 saturated heterocycles. The van der Waals surface area contributed by atoms with E-state index >= 15 is 0 Å². The zero-order valence-electron chi connectivity index (χ0n) is 10.7. The summed E-state index contributed by atoms with van der Waals surface area (Å²) in [5.41, 5.74) is -0.0850. The largest absolute Gasteiger partial charge is 0.388 e. The fourth-order valence-electron chi connectivity index (χ4n) is 2.39. The maximum absolute atomic E-state index is 12.4. The van der Waals surface area contributed by atoms with Gasteiger partial charge >= 0.3 is 0 Å². The van der Waals surface area contributed by atoms with Crippen molar-refractivity contribution < 1.29 is 9.84 Å². The molecular weight excluding hydrogens is 264 g/mol. The van der Waals surface area contributed by atoms with E-state index in [2.05, 4.69) is 11.9 Å². The van der Waals surface area contributed by atoms with Crippen LogP contribution in [0, 0.1) is 0 Å². The third-order valence-electron chi connectivity index (χ3n) is 3.40. The average molecular weight is 280 g/mol. The lowest BCUT2D eigenvalue weighted by Gasteiger charge is -2.14. The number of hydrogen-bond acceptors (Lipinski definition) is 5. The minimum absolute atomic E-state index is 0.0850. The first-order valence-electron chi connectivity index (χ1n) is 6.46. The van der Waals surface area contributed by atoms with Crippen LogP contribution in [0.15, 0.2) is 17.2 Å². The summed E-state index contributed by atoms with van der Waals surface area (Å²) in [6.45, 7) is 2.75. The highest BCUT2D eigenvalue weighted by Crippen LogP contribution is 2.24. The molecule has 3 rings (SSSR count). The third kappa shape index (κ3) is 2.20. The molecule has 0 unspecified atom stereocenters. The second-order valence-electron chi connectivity index (χ2n) is 4.81. The molecule has 0 spiro atoms. The Morgan fingerprint density at radius 1 is 1.58 bits per heavy atom. The Bertz CT molecular complexity index is 649. The average Bonchev–Trinajstić information content (AvgIpc) is 2.97. The van der Waals surface area contributed by atoms with Crippen LogP contribution in [0.2, 0.25) is 0 Å². The standard InChI is InChI=1S/C13H16N2O3S/c1-2-3-8-4-9-12(19-8)14-7-15(13(9)17)10-5-18-6-11(10)16/h4,7,10-11,16H,2-3,5-6H2,1H3/t10-,11-/m0/s1. The molecule has 2 aromatic rings. The molecule has 3 heterocycles. The zero-order chi connectivity index (χ0) is 13.4. The Labute approximate surface area is 114 Å². The number of aryl methyl sites for hydroxylation is 1. The Hall–Kier alpha value is -1.24. The predicted octanol–water partition coefficient (Wildman–Crippen LogP) is 1.34. The maximum atomic E-state index is 12.4. The molecule has 0 radical (unpaired) electrons. The van der Waals surface area contributed by atoms with Crippen molar-refractivity contribution in [2.45, 2.75) is 31.9 Å². The fraction of sp³-hybridized carbons (Fsp3) is 0.538. The van der Waals surface area contributed by atoms with Gasteiger partial charge in [0.05, 0.1) is 31.0 Å². The van der Waals surface area contributed by atoms with Crippen LogP contribution >= 0.6 is 11.3 Å². The van der Waals surface area contributed by atoms with Crippen LogP contribution in [-0.4, -0.2) is 34.0 Å². The lowest BCUT2D eigenvalue weighted by atomic mass is 10.2. The van der Waals surface area contributed by atoms with Crippen LogP contribution in [0.4, 0.5) is 0 Å². The van der Waals surface area contributed by atoms with Crippen molar-refractivity contribution in [1.82, 2.24) is 9.55 Å². The fourth-order valence-corrected chi connectivity index (χ4v) is 3.48. The van der Waals surface area contributed by atoms with Gasteiger partial charge in [-0.1, -0.05) is 13.3 Å². The van der Waals surface area contributed by atoms with Gasteiger partial charge in [0.25, 0.3) is 5.56 Å². The van der Waals surface area contributed by atoms with E-state index in [1.165, 1.54) is 15.8 Å². The van der Waals surface area contributed by atoms with Crippen molar-refractivity contribution in [2.75, 3.05) is 13.2 Å². The van der Waals surface area contributed by atoms with Crippen molar-refractivity contribution in [1.29, 1.82) is 0 Å². The van der Waals surface area contributed by atoms with Crippen molar-refractivity contribution in [3.05, 3.63) is 27.6 Å². The van der Waals surface area contributed by atoms with Gasteiger partial charge in [-0.2, -0.15) is 0 Å². The van der Waals surface area contributed by atoms with Gasteiger partial charge in [0.1, 0.15) is 10.9 Å². The van der Waals surface area contributed by atoms with E-state index in [0.717, 1.165) is 17.7 Å². The van der Waals surface area contributed by atoms with E-state index in [-0.39, 0.29) is 18.2 Å². The summed E-state index contributed by atoms with van der Waals surface area (Å²) in [7, 11) is 0. The Kier molecular flexibility index (Phi) is 3.38. The van der Waals surface area contributed by atoms with Gasteiger partial charge in [-0.25, -0.2) is 4.98 Å². The van der Waals surface area contributed by atoms with E-state index in [1.54, 1.807) is 11.3 Å². The molecule has 1 fully saturated rings. The van der Waals surface area contributed by atoms with Gasteiger partial charge in [0.2, 0.25) is 0 Å². The van der Waals surface area contributed by atoms with Crippen molar-refractivity contribution >= 4 is 21.6 Å². The molecule has 0 saturated carbocycles. The number of fused-ring (bicyclic) bond motifs is 1. The second kappa shape index (κ2) is 5.03. The van der Waals surface area contributed by atoms with Crippen LogP contribution in [0.25, 0.3) is 10.2 Å². The number of aliphatic hydroxyl groups is 1. The van der Waals surface area contributed by atoms with E-state index < -0.39 is 6.10 Å². The van der Waals surface area contributed by atoms with Gasteiger partial charge in [0, 0.05) is 4.88 Å². The molecule has 6 heteroatoms. The number of hydrogen-bond donors (Lipinski definition) is 1. The second-order valence-corrected chi connectivity index (χ2v) is 5.93. The molecule has 102 valence electrons. The summed E-state index contributed by atoms with van der Waals surface area (Å²) in [6.07, 6.45) is 2.91. The van der Waals surface area contributed by atoms with E-state index in [0.29, 0.717) is 12.0 Å². The smallest absolute Gasteiger partial charge is 0.262 e. The molecule has 1 N–H and O–H groups in total. The third-order valence-corrected chi connectivity index (χ3v) is 4.51. The quantitative estimate of drug-likeness (QED) is 0.921. The molecule has 2 aromatic heterocycles. The maximum Gasteiger partial charge on any atom is 0.262 e. The van der Waals surface area contributed by atoms with Gasteiger partial charge in [-0.3, -0.25) is 9.36 Å². The highest BCUT2D eigenvalue weighted by Gasteiger charge is 2.29. The highest BCUT2D eigenvalue weighted by atomic mass is 32.1. The highest BCUT2D eigenvalue weighted by molar-refractivity contribution is 7.18. The molecule has 1 aliphatic heterocycles. The summed E-state index contributed by atoms with van der Waals surface area (Å²) in [4.78, 5) is 18.7. The number of aromatic nitrogens is 2. The first kappa shape index (κ1) is 12.8. The predicted molar refractivity (Wildman–Crippen MR) is 73.7 cm³/mol. The SMILES string of the molecule is CCCc1cc2c(=O)n([C@H]3COC[C@@H]3O)cnc2s1. The number of thiophene rings is 1. The first-order valence-corrected chi connectivity index (χ1v) is 7.27. The van der Waals surface area contributed by atoms with Crippen LogP contribution in [0.1, 0.15) is 24.3 Å². The van der Waals surface area contributed by atoms with E-state index in [9.17, 15) is 9.90 Å². The van der Waals surface area contributed by atoms with Crippen molar-refractivity contribution in [3.8, 4) is 0 Å². The number of aliphatic hydroxyl groups excluding tert-OH is 1. The van der Waals surface area contributed by atoms with Crippen LogP contribution in [0.3, 0.4) is 0 Å². The summed E-state index contributed by atoms with van der Waals surface area (Å²) in [5.74, 6) is 0. The first-order chi connectivity index (χ1) is 9.20. The Morgan fingerprint density at radius 2 is 2.42 bits per heavy atom. The molecule has 0 amide bonds. The van der Waals surface area contributed by atoms with Gasteiger partial charge in [0.15, 0.2) is 0 Å². The number of nitrogens with zero attached hydrogens (tertiary/aromatic N) is 2. The van der Waals surface area contributed by atoms with Crippen LogP contribution in [0.5, 0.6) is 0 Å². The normalized spacial score (nSPS) is 23.3. The summed E-state index contributed by atoms with van der Waals surface area (Å²) >= 11 is 1.57. The molecule has 0 bridgehead atoms. The van der Waals surface area contributed by atoms with Gasteiger partial charge in [-0.15, -0.1) is 11.3 Å². The lowest BCUT2D eigenvalue weighted by molar-refractivity contribution is 0.119. The molecule has 0 aliphatic carbocycles. The summed E-state index contributed by atoms with van der Waals surface area (Å²) < 4.78 is 6.70. The lowest BCUT2D eigenvalue weighted by Crippen LogP contribution is -2.31. The number of rotatable bonds is 3. The van der Waals surface area contributed by atoms with E-state index in [1.807, 2.05) is 6.07 Å². The Morgan fingerprint density at radius 3 is 3.11 bits per heavy atom. The van der Waals surface area contributed by atoms with Crippen LogP contribution < -0.4 is 5.56 Å². The topological polar surface area (TPSA) is 64.3 Å². The molecule has 1 aliphatic rings.